The third-order valence-corrected chi connectivity index (χ3v) is 6.42. The van der Waals surface area contributed by atoms with E-state index >= 15 is 0 Å². The summed E-state index contributed by atoms with van der Waals surface area (Å²) in [6, 6.07) is 16.1. The SMILES string of the molecule is Cc1ccc(CN(Cc2ccccc2)C(=O)CN(C(=O)Nc2ccc(F)cc2F)C2CC2)s1. The van der Waals surface area contributed by atoms with Crippen LogP contribution in [0.2, 0.25) is 0 Å². The lowest BCUT2D eigenvalue weighted by atomic mass is 10.2. The van der Waals surface area contributed by atoms with Crippen LogP contribution in [0.5, 0.6) is 0 Å². The van der Waals surface area contributed by atoms with E-state index in [0.29, 0.717) is 19.2 Å². The predicted molar refractivity (Wildman–Crippen MR) is 125 cm³/mol. The first kappa shape index (κ1) is 22.9. The van der Waals surface area contributed by atoms with Gasteiger partial charge in [-0.2, -0.15) is 0 Å². The number of anilines is 1. The van der Waals surface area contributed by atoms with E-state index in [1.165, 1.54) is 11.0 Å². The molecule has 8 heteroatoms. The maximum atomic E-state index is 14.0. The lowest BCUT2D eigenvalue weighted by Crippen LogP contribution is -2.45. The number of amides is 3. The van der Waals surface area contributed by atoms with Gasteiger partial charge in [0.1, 0.15) is 18.2 Å². The maximum absolute atomic E-state index is 14.0. The van der Waals surface area contributed by atoms with Crippen LogP contribution in [0.1, 0.15) is 28.2 Å². The van der Waals surface area contributed by atoms with Crippen LogP contribution in [0.4, 0.5) is 19.3 Å². The van der Waals surface area contributed by atoms with Crippen LogP contribution in [0.25, 0.3) is 0 Å². The number of benzene rings is 2. The molecule has 3 aromatic rings. The fourth-order valence-corrected chi connectivity index (χ4v) is 4.48. The Labute approximate surface area is 195 Å². The van der Waals surface area contributed by atoms with Crippen molar-refractivity contribution in [2.45, 2.75) is 38.9 Å². The first-order valence-electron chi connectivity index (χ1n) is 10.8. The second-order valence-electron chi connectivity index (χ2n) is 8.16. The highest BCUT2D eigenvalue weighted by atomic mass is 32.1. The largest absolute Gasteiger partial charge is 0.332 e. The molecule has 1 heterocycles. The molecule has 5 nitrogen and oxygen atoms in total. The molecule has 0 unspecified atom stereocenters. The average Bonchev–Trinajstić information content (AvgIpc) is 3.55. The first-order valence-corrected chi connectivity index (χ1v) is 11.6. The summed E-state index contributed by atoms with van der Waals surface area (Å²) >= 11 is 1.63. The van der Waals surface area contributed by atoms with Crippen molar-refractivity contribution >= 4 is 29.0 Å². The number of rotatable bonds is 8. The van der Waals surface area contributed by atoms with E-state index in [4.69, 9.17) is 0 Å². The molecule has 4 rings (SSSR count). The Balaban J connectivity index is 1.49. The van der Waals surface area contributed by atoms with Crippen LogP contribution in [-0.4, -0.2) is 34.3 Å². The Bertz CT molecular complexity index is 1130. The van der Waals surface area contributed by atoms with Gasteiger partial charge in [-0.15, -0.1) is 11.3 Å². The fraction of sp³-hybridized carbons (Fsp3) is 0.280. The second-order valence-corrected chi connectivity index (χ2v) is 9.53. The Morgan fingerprint density at radius 3 is 2.42 bits per heavy atom. The summed E-state index contributed by atoms with van der Waals surface area (Å²) in [7, 11) is 0. The zero-order chi connectivity index (χ0) is 23.4. The highest BCUT2D eigenvalue weighted by Gasteiger charge is 2.35. The van der Waals surface area contributed by atoms with Gasteiger partial charge in [0, 0.05) is 28.4 Å². The van der Waals surface area contributed by atoms with E-state index in [-0.39, 0.29) is 24.2 Å². The molecule has 1 aliphatic carbocycles. The van der Waals surface area contributed by atoms with Crippen LogP contribution in [0, 0.1) is 18.6 Å². The number of carbonyl (C=O) groups excluding carboxylic acids is 2. The van der Waals surface area contributed by atoms with Crippen molar-refractivity contribution in [3.05, 3.63) is 87.6 Å². The topological polar surface area (TPSA) is 52.7 Å². The molecule has 2 aromatic carbocycles. The molecule has 0 atom stereocenters. The minimum absolute atomic E-state index is 0.0694. The standard InChI is InChI=1S/C25H25F2N3O2S/c1-17-7-11-21(33-17)15-29(14-18-5-3-2-4-6-18)24(31)16-30(20-9-10-20)25(32)28-23-12-8-19(26)13-22(23)27/h2-8,11-13,20H,9-10,14-16H2,1H3,(H,28,32). The summed E-state index contributed by atoms with van der Waals surface area (Å²) in [5, 5.41) is 2.48. The first-order chi connectivity index (χ1) is 15.9. The van der Waals surface area contributed by atoms with Gasteiger partial charge >= 0.3 is 6.03 Å². The molecule has 1 fully saturated rings. The Hall–Kier alpha value is -3.26. The quantitative estimate of drug-likeness (QED) is 0.470. The van der Waals surface area contributed by atoms with Crippen molar-refractivity contribution < 1.29 is 18.4 Å². The monoisotopic (exact) mass is 469 g/mol. The average molecular weight is 470 g/mol. The van der Waals surface area contributed by atoms with E-state index in [9.17, 15) is 18.4 Å². The van der Waals surface area contributed by atoms with Crippen LogP contribution in [-0.2, 0) is 17.9 Å². The lowest BCUT2D eigenvalue weighted by molar-refractivity contribution is -0.133. The molecule has 0 bridgehead atoms. The smallest absolute Gasteiger partial charge is 0.322 e. The van der Waals surface area contributed by atoms with Crippen molar-refractivity contribution in [1.82, 2.24) is 9.80 Å². The van der Waals surface area contributed by atoms with Crippen molar-refractivity contribution in [3.63, 3.8) is 0 Å². The predicted octanol–water partition coefficient (Wildman–Crippen LogP) is 5.56. The van der Waals surface area contributed by atoms with Crippen molar-refractivity contribution in [1.29, 1.82) is 0 Å². The summed E-state index contributed by atoms with van der Waals surface area (Å²) in [6.07, 6.45) is 1.57. The molecule has 0 saturated heterocycles. The van der Waals surface area contributed by atoms with Crippen molar-refractivity contribution in [2.24, 2.45) is 0 Å². The molecule has 33 heavy (non-hydrogen) atoms. The number of halogens is 2. The van der Waals surface area contributed by atoms with Crippen molar-refractivity contribution in [2.75, 3.05) is 11.9 Å². The van der Waals surface area contributed by atoms with Crippen LogP contribution in [0.3, 0.4) is 0 Å². The highest BCUT2D eigenvalue weighted by Crippen LogP contribution is 2.28. The van der Waals surface area contributed by atoms with Gasteiger partial charge in [-0.3, -0.25) is 4.79 Å². The van der Waals surface area contributed by atoms with Gasteiger partial charge in [-0.05, 0) is 49.6 Å². The number of hydrogen-bond donors (Lipinski definition) is 1. The van der Waals surface area contributed by atoms with E-state index in [2.05, 4.69) is 5.32 Å². The Morgan fingerprint density at radius 1 is 1.03 bits per heavy atom. The van der Waals surface area contributed by atoms with Gasteiger partial charge < -0.3 is 15.1 Å². The van der Waals surface area contributed by atoms with E-state index in [1.54, 1.807) is 16.2 Å². The highest BCUT2D eigenvalue weighted by molar-refractivity contribution is 7.11. The number of carbonyl (C=O) groups is 2. The lowest BCUT2D eigenvalue weighted by Gasteiger charge is -2.28. The van der Waals surface area contributed by atoms with Gasteiger partial charge in [0.05, 0.1) is 12.2 Å². The number of thiophene rings is 1. The molecule has 0 radical (unpaired) electrons. The second kappa shape index (κ2) is 10.1. The molecule has 1 N–H and O–H groups in total. The number of nitrogens with one attached hydrogen (secondary N) is 1. The zero-order valence-electron chi connectivity index (χ0n) is 18.3. The summed E-state index contributed by atoms with van der Waals surface area (Å²) < 4.78 is 27.2. The zero-order valence-corrected chi connectivity index (χ0v) is 19.1. The summed E-state index contributed by atoms with van der Waals surface area (Å²) in [5.74, 6) is -1.77. The summed E-state index contributed by atoms with van der Waals surface area (Å²) in [6.45, 7) is 2.77. The maximum Gasteiger partial charge on any atom is 0.322 e. The molecule has 1 aliphatic rings. The van der Waals surface area contributed by atoms with Gasteiger partial charge in [-0.1, -0.05) is 30.3 Å². The fourth-order valence-electron chi connectivity index (χ4n) is 3.57. The number of nitrogens with zero attached hydrogens (tertiary/aromatic N) is 2. The molecule has 0 spiro atoms. The molecule has 1 saturated carbocycles. The van der Waals surface area contributed by atoms with E-state index in [1.807, 2.05) is 49.4 Å². The van der Waals surface area contributed by atoms with Gasteiger partial charge in [-0.25, -0.2) is 13.6 Å². The molecule has 0 aliphatic heterocycles. The third-order valence-electron chi connectivity index (χ3n) is 5.44. The molecule has 3 amide bonds. The molecular weight excluding hydrogens is 444 g/mol. The van der Waals surface area contributed by atoms with E-state index in [0.717, 1.165) is 34.2 Å². The van der Waals surface area contributed by atoms with Crippen molar-refractivity contribution in [3.8, 4) is 0 Å². The van der Waals surface area contributed by atoms with Crippen LogP contribution < -0.4 is 5.32 Å². The number of urea groups is 1. The van der Waals surface area contributed by atoms with Gasteiger partial charge in [0.15, 0.2) is 0 Å². The molecular formula is C25H25F2N3O2S. The number of hydrogen-bond acceptors (Lipinski definition) is 3. The normalized spacial score (nSPS) is 12.9. The van der Waals surface area contributed by atoms with Gasteiger partial charge in [0.2, 0.25) is 5.91 Å². The summed E-state index contributed by atoms with van der Waals surface area (Å²) in [5.41, 5.74) is 0.879. The van der Waals surface area contributed by atoms with E-state index < -0.39 is 17.7 Å². The van der Waals surface area contributed by atoms with Gasteiger partial charge in [0.25, 0.3) is 0 Å². The van der Waals surface area contributed by atoms with Crippen LogP contribution in [0.15, 0.2) is 60.7 Å². The third kappa shape index (κ3) is 6.16. The van der Waals surface area contributed by atoms with Crippen LogP contribution >= 0.6 is 11.3 Å². The molecule has 172 valence electrons. The number of aryl methyl sites for hydroxylation is 1. The minimum Gasteiger partial charge on any atom is -0.332 e. The molecule has 1 aromatic heterocycles. The Morgan fingerprint density at radius 2 is 1.79 bits per heavy atom. The Kier molecular flexibility index (Phi) is 7.03. The minimum atomic E-state index is -0.857. The summed E-state index contributed by atoms with van der Waals surface area (Å²) in [4.78, 5) is 31.7.